The Morgan fingerprint density at radius 2 is 1.74 bits per heavy atom. The fourth-order valence-corrected chi connectivity index (χ4v) is 5.36. The minimum absolute atomic E-state index is 0.0495. The summed E-state index contributed by atoms with van der Waals surface area (Å²) in [5.41, 5.74) is 3.19. The van der Waals surface area contributed by atoms with Crippen LogP contribution in [0.1, 0.15) is 43.2 Å². The molecule has 1 aliphatic carbocycles. The van der Waals surface area contributed by atoms with Crippen molar-refractivity contribution < 1.29 is 29.0 Å². The maximum absolute atomic E-state index is 13.2. The monoisotopic (exact) mass is 480 g/mol. The summed E-state index contributed by atoms with van der Waals surface area (Å²) >= 11 is 0. The van der Waals surface area contributed by atoms with Gasteiger partial charge in [0.05, 0.1) is 12.5 Å². The van der Waals surface area contributed by atoms with E-state index < -0.39 is 23.5 Å². The van der Waals surface area contributed by atoms with E-state index in [4.69, 9.17) is 9.47 Å². The number of benzene rings is 2. The number of hydrogen-bond donors (Lipinski definition) is 2. The van der Waals surface area contributed by atoms with Crippen LogP contribution in [-0.2, 0) is 19.1 Å². The molecule has 2 aliphatic rings. The first kappa shape index (κ1) is 24.7. The second-order valence-corrected chi connectivity index (χ2v) is 9.17. The number of carboxylic acids is 1. The van der Waals surface area contributed by atoms with Crippen LogP contribution in [-0.4, -0.2) is 66.9 Å². The lowest BCUT2D eigenvalue weighted by atomic mass is 9.95. The van der Waals surface area contributed by atoms with Crippen LogP contribution in [0.3, 0.4) is 0 Å². The van der Waals surface area contributed by atoms with E-state index in [1.54, 1.807) is 0 Å². The molecule has 8 heteroatoms. The standard InChI is InChI=1S/C27H32N2O6/c1-3-18(24(30)29-14-8-13-27(29,17-34-2)25(31)32)15-28-26(33)35-16-23-21-11-6-4-9-19(21)20-10-5-7-12-22(20)23/h4-7,9-12,18,23H,3,8,13-17H2,1-2H3,(H,28,33)(H,31,32). The summed E-state index contributed by atoms with van der Waals surface area (Å²) in [5, 5.41) is 12.5. The van der Waals surface area contributed by atoms with E-state index in [9.17, 15) is 19.5 Å². The summed E-state index contributed by atoms with van der Waals surface area (Å²) in [7, 11) is 1.43. The number of rotatable bonds is 9. The van der Waals surface area contributed by atoms with Crippen molar-refractivity contribution in [1.82, 2.24) is 10.2 Å². The van der Waals surface area contributed by atoms with E-state index in [0.29, 0.717) is 25.8 Å². The van der Waals surface area contributed by atoms with Gasteiger partial charge in [-0.1, -0.05) is 55.5 Å². The van der Waals surface area contributed by atoms with Crippen molar-refractivity contribution in [2.45, 2.75) is 37.6 Å². The molecule has 2 aromatic carbocycles. The summed E-state index contributed by atoms with van der Waals surface area (Å²) in [5.74, 6) is -1.95. The minimum atomic E-state index is -1.36. The quantitative estimate of drug-likeness (QED) is 0.568. The molecule has 0 bridgehead atoms. The van der Waals surface area contributed by atoms with Gasteiger partial charge in [0.2, 0.25) is 5.91 Å². The fourth-order valence-electron chi connectivity index (χ4n) is 5.36. The maximum atomic E-state index is 13.2. The van der Waals surface area contributed by atoms with Crippen LogP contribution in [0, 0.1) is 5.92 Å². The summed E-state index contributed by atoms with van der Waals surface area (Å²) in [6, 6.07) is 16.2. The van der Waals surface area contributed by atoms with Gasteiger partial charge in [0.15, 0.2) is 5.54 Å². The van der Waals surface area contributed by atoms with Crippen molar-refractivity contribution >= 4 is 18.0 Å². The Kier molecular flexibility index (Phi) is 7.40. The van der Waals surface area contributed by atoms with Gasteiger partial charge in [-0.15, -0.1) is 0 Å². The summed E-state index contributed by atoms with van der Waals surface area (Å²) in [6.07, 6.45) is 0.804. The van der Waals surface area contributed by atoms with Crippen molar-refractivity contribution in [3.8, 4) is 11.1 Å². The Balaban J connectivity index is 1.37. The first-order valence-corrected chi connectivity index (χ1v) is 12.1. The van der Waals surface area contributed by atoms with Crippen molar-refractivity contribution in [3.63, 3.8) is 0 Å². The number of aliphatic carboxylic acids is 1. The molecule has 35 heavy (non-hydrogen) atoms. The number of ether oxygens (including phenoxy) is 2. The molecular formula is C27H32N2O6. The molecule has 8 nitrogen and oxygen atoms in total. The van der Waals surface area contributed by atoms with Gasteiger partial charge in [-0.25, -0.2) is 9.59 Å². The SMILES string of the molecule is CCC(CNC(=O)OCC1c2ccccc2-c2ccccc21)C(=O)N1CCCC1(COC)C(=O)O. The summed E-state index contributed by atoms with van der Waals surface area (Å²) in [4.78, 5) is 39.2. The Morgan fingerprint density at radius 1 is 1.11 bits per heavy atom. The average Bonchev–Trinajstić information content (AvgIpc) is 3.43. The average molecular weight is 481 g/mol. The Bertz CT molecular complexity index is 1060. The molecule has 1 saturated heterocycles. The molecule has 4 rings (SSSR count). The lowest BCUT2D eigenvalue weighted by Gasteiger charge is -2.36. The topological polar surface area (TPSA) is 105 Å². The van der Waals surface area contributed by atoms with Crippen molar-refractivity contribution in [2.24, 2.45) is 5.92 Å². The number of hydrogen-bond acceptors (Lipinski definition) is 5. The highest BCUT2D eigenvalue weighted by molar-refractivity contribution is 5.89. The second-order valence-electron chi connectivity index (χ2n) is 9.17. The zero-order valence-electron chi connectivity index (χ0n) is 20.2. The number of fused-ring (bicyclic) bond motifs is 3. The fraction of sp³-hybridized carbons (Fsp3) is 0.444. The summed E-state index contributed by atoms with van der Waals surface area (Å²) < 4.78 is 10.7. The highest BCUT2D eigenvalue weighted by atomic mass is 16.5. The van der Waals surface area contributed by atoms with E-state index in [1.807, 2.05) is 31.2 Å². The van der Waals surface area contributed by atoms with E-state index in [-0.39, 0.29) is 31.6 Å². The lowest BCUT2D eigenvalue weighted by Crippen LogP contribution is -2.58. The molecule has 2 atom stereocenters. The molecule has 0 saturated carbocycles. The third-order valence-corrected chi connectivity index (χ3v) is 7.21. The third kappa shape index (κ3) is 4.62. The first-order valence-electron chi connectivity index (χ1n) is 12.1. The van der Waals surface area contributed by atoms with Gasteiger partial charge in [-0.2, -0.15) is 0 Å². The Labute approximate surface area is 205 Å². The Morgan fingerprint density at radius 3 is 2.31 bits per heavy atom. The number of carbonyl (C=O) groups is 3. The van der Waals surface area contributed by atoms with Crippen molar-refractivity contribution in [1.29, 1.82) is 0 Å². The minimum Gasteiger partial charge on any atom is -0.479 e. The van der Waals surface area contributed by atoms with E-state index in [1.165, 1.54) is 12.0 Å². The molecule has 0 aromatic heterocycles. The summed E-state index contributed by atoms with van der Waals surface area (Å²) in [6.45, 7) is 2.40. The molecule has 186 valence electrons. The molecule has 0 radical (unpaired) electrons. The second kappa shape index (κ2) is 10.5. The lowest BCUT2D eigenvalue weighted by molar-refractivity contribution is -0.161. The van der Waals surface area contributed by atoms with E-state index in [2.05, 4.69) is 29.6 Å². The van der Waals surface area contributed by atoms with E-state index in [0.717, 1.165) is 22.3 Å². The molecule has 1 aliphatic heterocycles. The number of carboxylic acid groups (broad SMARTS) is 1. The van der Waals surface area contributed by atoms with Gasteiger partial charge in [0.25, 0.3) is 0 Å². The van der Waals surface area contributed by atoms with Crippen LogP contribution in [0.5, 0.6) is 0 Å². The number of alkyl carbamates (subject to hydrolysis) is 1. The highest BCUT2D eigenvalue weighted by Crippen LogP contribution is 2.44. The molecular weight excluding hydrogens is 448 g/mol. The van der Waals surface area contributed by atoms with Crippen molar-refractivity contribution in [3.05, 3.63) is 59.7 Å². The molecule has 2 aromatic rings. The predicted octanol–water partition coefficient (Wildman–Crippen LogP) is 3.64. The van der Waals surface area contributed by atoms with Crippen LogP contribution < -0.4 is 5.32 Å². The van der Waals surface area contributed by atoms with Crippen molar-refractivity contribution in [2.75, 3.05) is 33.4 Å². The number of nitrogens with zero attached hydrogens (tertiary/aromatic N) is 1. The third-order valence-electron chi connectivity index (χ3n) is 7.21. The van der Waals surface area contributed by atoms with Crippen LogP contribution in [0.25, 0.3) is 11.1 Å². The van der Waals surface area contributed by atoms with Crippen LogP contribution in [0.4, 0.5) is 4.79 Å². The van der Waals surface area contributed by atoms with E-state index >= 15 is 0 Å². The molecule has 0 spiro atoms. The molecule has 2 unspecified atom stereocenters. The highest BCUT2D eigenvalue weighted by Gasteiger charge is 2.51. The Hall–Kier alpha value is -3.39. The van der Waals surface area contributed by atoms with Gasteiger partial charge in [-0.05, 0) is 41.5 Å². The molecule has 2 N–H and O–H groups in total. The van der Waals surface area contributed by atoms with Crippen LogP contribution >= 0.6 is 0 Å². The molecule has 2 amide bonds. The molecule has 1 heterocycles. The first-order chi connectivity index (χ1) is 16.9. The van der Waals surface area contributed by atoms with Crippen LogP contribution in [0.15, 0.2) is 48.5 Å². The zero-order chi connectivity index (χ0) is 25.0. The molecule has 1 fully saturated rings. The van der Waals surface area contributed by atoms with Gasteiger partial charge < -0.3 is 24.8 Å². The van der Waals surface area contributed by atoms with Gasteiger partial charge in [-0.3, -0.25) is 4.79 Å². The number of amides is 2. The normalized spacial score (nSPS) is 19.7. The largest absolute Gasteiger partial charge is 0.479 e. The van der Waals surface area contributed by atoms with Gasteiger partial charge >= 0.3 is 12.1 Å². The number of methoxy groups -OCH3 is 1. The number of likely N-dealkylation sites (tertiary alicyclic amines) is 1. The maximum Gasteiger partial charge on any atom is 0.407 e. The zero-order valence-corrected chi connectivity index (χ0v) is 20.2. The number of nitrogens with one attached hydrogen (secondary N) is 1. The van der Waals surface area contributed by atoms with Crippen LogP contribution in [0.2, 0.25) is 0 Å². The number of carbonyl (C=O) groups excluding carboxylic acids is 2. The predicted molar refractivity (Wildman–Crippen MR) is 130 cm³/mol. The smallest absolute Gasteiger partial charge is 0.407 e. The van der Waals surface area contributed by atoms with Gasteiger partial charge in [0, 0.05) is 26.1 Å². The van der Waals surface area contributed by atoms with Gasteiger partial charge in [0.1, 0.15) is 6.61 Å².